The van der Waals surface area contributed by atoms with Crippen molar-refractivity contribution in [3.63, 3.8) is 0 Å². The van der Waals surface area contributed by atoms with Gasteiger partial charge in [-0.1, -0.05) is 32.9 Å². The molecule has 1 N–H and O–H groups in total. The highest BCUT2D eigenvalue weighted by Crippen LogP contribution is 2.26. The molecule has 1 unspecified atom stereocenters. The van der Waals surface area contributed by atoms with Crippen molar-refractivity contribution in [3.05, 3.63) is 29.8 Å². The second-order valence-electron chi connectivity index (χ2n) is 7.61. The van der Waals surface area contributed by atoms with E-state index in [-0.39, 0.29) is 17.4 Å². The zero-order chi connectivity index (χ0) is 16.5. The van der Waals surface area contributed by atoms with Crippen LogP contribution in [0.15, 0.2) is 24.3 Å². The minimum absolute atomic E-state index is 0.00760. The lowest BCUT2D eigenvalue weighted by molar-refractivity contribution is -0.146. The van der Waals surface area contributed by atoms with Crippen LogP contribution in [0.4, 0.5) is 0 Å². The van der Waals surface area contributed by atoms with Crippen molar-refractivity contribution in [3.8, 4) is 5.75 Å². The van der Waals surface area contributed by atoms with E-state index in [0.29, 0.717) is 13.1 Å². The molecule has 1 aliphatic heterocycles. The predicted molar refractivity (Wildman–Crippen MR) is 87.1 cm³/mol. The number of carbonyl (C=O) groups excluding carboxylic acids is 1. The number of amides is 1. The average molecular weight is 305 g/mol. The average Bonchev–Trinajstić information content (AvgIpc) is 2.84. The van der Waals surface area contributed by atoms with Crippen LogP contribution < -0.4 is 4.74 Å². The minimum atomic E-state index is -1.32. The van der Waals surface area contributed by atoms with Gasteiger partial charge in [0.2, 0.25) is 0 Å². The van der Waals surface area contributed by atoms with Crippen LogP contribution in [-0.4, -0.2) is 40.7 Å². The maximum Gasteiger partial charge on any atom is 0.254 e. The number of rotatable bonds is 3. The van der Waals surface area contributed by atoms with Crippen molar-refractivity contribution in [1.29, 1.82) is 0 Å². The molecule has 1 aromatic rings. The number of ether oxygens (including phenoxy) is 1. The smallest absolute Gasteiger partial charge is 0.254 e. The third-order valence-electron chi connectivity index (χ3n) is 3.98. The molecule has 1 saturated heterocycles. The van der Waals surface area contributed by atoms with Gasteiger partial charge in [0.05, 0.1) is 6.54 Å². The molecule has 1 aliphatic rings. The highest BCUT2D eigenvalue weighted by molar-refractivity contribution is 5.84. The molecule has 1 amide bonds. The van der Waals surface area contributed by atoms with Crippen molar-refractivity contribution in [2.45, 2.75) is 58.2 Å². The van der Waals surface area contributed by atoms with E-state index in [1.807, 2.05) is 12.1 Å². The molecule has 1 aromatic carbocycles. The van der Waals surface area contributed by atoms with Gasteiger partial charge < -0.3 is 14.7 Å². The number of hydrogen-bond acceptors (Lipinski definition) is 3. The fourth-order valence-corrected chi connectivity index (χ4v) is 2.62. The van der Waals surface area contributed by atoms with Crippen molar-refractivity contribution < 1.29 is 14.6 Å². The highest BCUT2D eigenvalue weighted by atomic mass is 16.5. The zero-order valence-electron chi connectivity index (χ0n) is 14.2. The third kappa shape index (κ3) is 4.01. The summed E-state index contributed by atoms with van der Waals surface area (Å²) in [4.78, 5) is 13.7. The van der Waals surface area contributed by atoms with Crippen molar-refractivity contribution in [2.24, 2.45) is 0 Å². The molecule has 1 atom stereocenters. The van der Waals surface area contributed by atoms with Gasteiger partial charge in [0.1, 0.15) is 17.5 Å². The van der Waals surface area contributed by atoms with E-state index in [0.717, 1.165) is 12.2 Å². The molecular weight excluding hydrogens is 278 g/mol. The zero-order valence-corrected chi connectivity index (χ0v) is 14.2. The van der Waals surface area contributed by atoms with Gasteiger partial charge in [0.15, 0.2) is 0 Å². The Kier molecular flexibility index (Phi) is 4.52. The van der Waals surface area contributed by atoms with Gasteiger partial charge in [-0.05, 0) is 37.0 Å². The fraction of sp³-hybridized carbons (Fsp3) is 0.611. The van der Waals surface area contributed by atoms with Gasteiger partial charge in [-0.2, -0.15) is 0 Å². The first-order chi connectivity index (χ1) is 10.1. The molecule has 0 radical (unpaired) electrons. The molecule has 0 saturated carbocycles. The summed E-state index contributed by atoms with van der Waals surface area (Å²) < 4.78 is 5.96. The lowest BCUT2D eigenvalue weighted by Gasteiger charge is -2.24. The Hall–Kier alpha value is -1.55. The maximum absolute atomic E-state index is 12.0. The van der Waals surface area contributed by atoms with Gasteiger partial charge in [0.25, 0.3) is 5.91 Å². The third-order valence-corrected chi connectivity index (χ3v) is 3.98. The Morgan fingerprint density at radius 2 is 1.77 bits per heavy atom. The van der Waals surface area contributed by atoms with Gasteiger partial charge in [0, 0.05) is 13.0 Å². The fourth-order valence-electron chi connectivity index (χ4n) is 2.62. The van der Waals surface area contributed by atoms with Crippen LogP contribution in [0.2, 0.25) is 0 Å². The molecular formula is C18H27NO3. The Morgan fingerprint density at radius 3 is 2.27 bits per heavy atom. The number of likely N-dealkylation sites (tertiary alicyclic amines) is 1. The normalized spacial score (nSPS) is 19.4. The molecule has 0 aliphatic carbocycles. The lowest BCUT2D eigenvalue weighted by Crippen LogP contribution is -2.44. The summed E-state index contributed by atoms with van der Waals surface area (Å²) in [7, 11) is 0. The first-order valence-corrected chi connectivity index (χ1v) is 7.86. The van der Waals surface area contributed by atoms with Crippen LogP contribution in [0.25, 0.3) is 0 Å². The summed E-state index contributed by atoms with van der Waals surface area (Å²) in [5.41, 5.74) is 0.0792. The first-order valence-electron chi connectivity index (χ1n) is 7.86. The molecule has 1 fully saturated rings. The summed E-state index contributed by atoms with van der Waals surface area (Å²) in [6.45, 7) is 10.8. The van der Waals surface area contributed by atoms with Crippen LogP contribution in [0, 0.1) is 0 Å². The molecule has 22 heavy (non-hydrogen) atoms. The van der Waals surface area contributed by atoms with E-state index in [2.05, 4.69) is 32.9 Å². The first kappa shape index (κ1) is 16.8. The number of nitrogens with zero attached hydrogens (tertiary/aromatic N) is 1. The molecule has 1 heterocycles. The van der Waals surface area contributed by atoms with E-state index in [9.17, 15) is 9.90 Å². The second kappa shape index (κ2) is 5.92. The summed E-state index contributed by atoms with van der Waals surface area (Å²) in [5, 5.41) is 9.80. The van der Waals surface area contributed by atoms with Crippen molar-refractivity contribution in [1.82, 2.24) is 4.90 Å². The summed E-state index contributed by atoms with van der Waals surface area (Å²) >= 11 is 0. The van der Waals surface area contributed by atoms with Gasteiger partial charge in [-0.15, -0.1) is 0 Å². The molecule has 2 rings (SSSR count). The quantitative estimate of drug-likeness (QED) is 0.934. The predicted octanol–water partition coefficient (Wildman–Crippen LogP) is 2.73. The van der Waals surface area contributed by atoms with Gasteiger partial charge in [-0.3, -0.25) is 4.79 Å². The molecule has 122 valence electrons. The number of aliphatic hydroxyl groups is 1. The van der Waals surface area contributed by atoms with Crippen molar-refractivity contribution >= 4 is 5.91 Å². The Bertz CT molecular complexity index is 523. The van der Waals surface area contributed by atoms with Crippen LogP contribution in [0.1, 0.15) is 46.6 Å². The molecule has 0 bridgehead atoms. The molecule has 4 heteroatoms. The van der Waals surface area contributed by atoms with Crippen LogP contribution >= 0.6 is 0 Å². The van der Waals surface area contributed by atoms with Crippen LogP contribution in [0.3, 0.4) is 0 Å². The standard InChI is InChI=1S/C18H27NO3/c1-17(2,3)13-6-8-14(9-7-13)22-15-10-11-19(12-15)16(20)18(4,5)21/h6-9,15,21H,10-12H2,1-5H3. The van der Waals surface area contributed by atoms with E-state index in [1.165, 1.54) is 19.4 Å². The van der Waals surface area contributed by atoms with E-state index in [4.69, 9.17) is 4.74 Å². The Morgan fingerprint density at radius 1 is 1.18 bits per heavy atom. The largest absolute Gasteiger partial charge is 0.489 e. The summed E-state index contributed by atoms with van der Waals surface area (Å²) in [6, 6.07) is 8.15. The number of benzene rings is 1. The SMILES string of the molecule is CC(C)(O)C(=O)N1CCC(Oc2ccc(C(C)(C)C)cc2)C1. The molecule has 4 nitrogen and oxygen atoms in total. The highest BCUT2D eigenvalue weighted by Gasteiger charge is 2.35. The van der Waals surface area contributed by atoms with Gasteiger partial charge >= 0.3 is 0 Å². The van der Waals surface area contributed by atoms with Crippen LogP contribution in [-0.2, 0) is 10.2 Å². The maximum atomic E-state index is 12.0. The van der Waals surface area contributed by atoms with E-state index >= 15 is 0 Å². The van der Waals surface area contributed by atoms with Gasteiger partial charge in [-0.25, -0.2) is 0 Å². The summed E-state index contributed by atoms with van der Waals surface area (Å²) in [5.74, 6) is 0.595. The van der Waals surface area contributed by atoms with Crippen LogP contribution in [0.5, 0.6) is 5.75 Å². The second-order valence-corrected chi connectivity index (χ2v) is 7.61. The monoisotopic (exact) mass is 305 g/mol. The minimum Gasteiger partial charge on any atom is -0.489 e. The number of hydrogen-bond donors (Lipinski definition) is 1. The van der Waals surface area contributed by atoms with E-state index in [1.54, 1.807) is 4.90 Å². The molecule has 0 aromatic heterocycles. The topological polar surface area (TPSA) is 49.8 Å². The Labute approximate surface area is 133 Å². The van der Waals surface area contributed by atoms with Crippen molar-refractivity contribution in [2.75, 3.05) is 13.1 Å². The Balaban J connectivity index is 1.95. The lowest BCUT2D eigenvalue weighted by atomic mass is 9.87. The van der Waals surface area contributed by atoms with E-state index < -0.39 is 5.60 Å². The number of carbonyl (C=O) groups is 1. The summed E-state index contributed by atoms with van der Waals surface area (Å²) in [6.07, 6.45) is 0.787. The molecule has 0 spiro atoms.